The Hall–Kier alpha value is -3.90. The number of anilines is 3. The van der Waals surface area contributed by atoms with Crippen molar-refractivity contribution in [1.82, 2.24) is 0 Å². The first-order chi connectivity index (χ1) is 14.9. The summed E-state index contributed by atoms with van der Waals surface area (Å²) in [5.74, 6) is -1.10. The molecule has 0 aromatic heterocycles. The van der Waals surface area contributed by atoms with E-state index in [9.17, 15) is 14.4 Å². The van der Waals surface area contributed by atoms with Gasteiger partial charge in [0.1, 0.15) is 11.4 Å². The van der Waals surface area contributed by atoms with Gasteiger partial charge in [-0.3, -0.25) is 14.4 Å². The van der Waals surface area contributed by atoms with E-state index in [2.05, 4.69) is 16.0 Å². The van der Waals surface area contributed by atoms with Crippen molar-refractivity contribution in [3.8, 4) is 0 Å². The molecule has 1 aliphatic rings. The van der Waals surface area contributed by atoms with Gasteiger partial charge in [0.2, 0.25) is 17.5 Å². The van der Waals surface area contributed by atoms with Gasteiger partial charge in [0.05, 0.1) is 11.3 Å². The Labute approximate surface area is 183 Å². The highest BCUT2D eigenvalue weighted by atomic mass is 35.5. The van der Waals surface area contributed by atoms with Gasteiger partial charge in [-0.1, -0.05) is 41.9 Å². The molecular weight excluding hydrogens is 414 g/mol. The summed E-state index contributed by atoms with van der Waals surface area (Å²) in [5, 5.41) is 9.32. The van der Waals surface area contributed by atoms with Crippen molar-refractivity contribution >= 4 is 46.1 Å². The van der Waals surface area contributed by atoms with E-state index in [4.69, 9.17) is 11.6 Å². The minimum Gasteiger partial charge on any atom is -0.350 e. The van der Waals surface area contributed by atoms with Crippen molar-refractivity contribution in [1.29, 1.82) is 0 Å². The molecule has 0 spiro atoms. The van der Waals surface area contributed by atoms with Crippen molar-refractivity contribution in [3.05, 3.63) is 100 Å². The Morgan fingerprint density at radius 3 is 2.00 bits per heavy atom. The molecule has 1 amide bonds. The zero-order valence-electron chi connectivity index (χ0n) is 16.5. The number of allylic oxidation sites excluding steroid dienone is 2. The molecule has 0 unspecified atom stereocenters. The van der Waals surface area contributed by atoms with E-state index < -0.39 is 5.78 Å². The number of para-hydroxylation sites is 1. The highest BCUT2D eigenvalue weighted by molar-refractivity contribution is 6.31. The predicted molar refractivity (Wildman–Crippen MR) is 122 cm³/mol. The average molecular weight is 432 g/mol. The number of amides is 1. The van der Waals surface area contributed by atoms with Crippen LogP contribution in [0.5, 0.6) is 0 Å². The lowest BCUT2D eigenvalue weighted by atomic mass is 9.88. The quantitative estimate of drug-likeness (QED) is 0.522. The Balaban J connectivity index is 1.85. The Bertz CT molecular complexity index is 1220. The Kier molecular flexibility index (Phi) is 5.56. The van der Waals surface area contributed by atoms with Crippen LogP contribution in [0.25, 0.3) is 0 Å². The van der Waals surface area contributed by atoms with Crippen molar-refractivity contribution in [2.75, 3.05) is 16.0 Å². The highest BCUT2D eigenvalue weighted by Crippen LogP contribution is 2.33. The molecule has 1 aliphatic carbocycles. The largest absolute Gasteiger partial charge is 0.350 e. The number of rotatable bonds is 5. The Morgan fingerprint density at radius 2 is 1.35 bits per heavy atom. The van der Waals surface area contributed by atoms with Gasteiger partial charge in [-0.15, -0.1) is 0 Å². The van der Waals surface area contributed by atoms with Crippen LogP contribution < -0.4 is 16.0 Å². The van der Waals surface area contributed by atoms with Crippen LogP contribution in [0.1, 0.15) is 27.6 Å². The van der Waals surface area contributed by atoms with Crippen LogP contribution in [0.3, 0.4) is 0 Å². The molecule has 0 saturated carbocycles. The first-order valence-electron chi connectivity index (χ1n) is 9.53. The first-order valence-corrected chi connectivity index (χ1v) is 9.91. The zero-order chi connectivity index (χ0) is 22.0. The van der Waals surface area contributed by atoms with Crippen molar-refractivity contribution in [3.63, 3.8) is 0 Å². The van der Waals surface area contributed by atoms with Crippen LogP contribution in [-0.4, -0.2) is 17.5 Å². The lowest BCUT2D eigenvalue weighted by Crippen LogP contribution is -2.30. The molecular formula is C24H18ClN3O3. The van der Waals surface area contributed by atoms with Crippen LogP contribution in [0.15, 0.2) is 84.2 Å². The first kappa shape index (κ1) is 20.4. The number of halogens is 1. The summed E-state index contributed by atoms with van der Waals surface area (Å²) >= 11 is 5.97. The van der Waals surface area contributed by atoms with Crippen LogP contribution >= 0.6 is 11.6 Å². The molecule has 0 atom stereocenters. The summed E-state index contributed by atoms with van der Waals surface area (Å²) in [6.45, 7) is 1.35. The van der Waals surface area contributed by atoms with Gasteiger partial charge in [0.15, 0.2) is 0 Å². The van der Waals surface area contributed by atoms with E-state index in [1.807, 2.05) is 18.2 Å². The molecule has 0 saturated heterocycles. The third kappa shape index (κ3) is 4.20. The number of carbonyl (C=O) groups is 3. The van der Waals surface area contributed by atoms with Gasteiger partial charge in [-0.25, -0.2) is 0 Å². The SMILES string of the molecule is CC(=O)Nc1cccc2c1C(=O)C(Nc1ccc(Cl)cc1)=C(Nc1ccccc1)C2=O. The number of hydrogen-bond donors (Lipinski definition) is 3. The Morgan fingerprint density at radius 1 is 0.742 bits per heavy atom. The normalized spacial score (nSPS) is 13.0. The van der Waals surface area contributed by atoms with Crippen LogP contribution in [0, 0.1) is 0 Å². The van der Waals surface area contributed by atoms with E-state index in [1.54, 1.807) is 54.6 Å². The van der Waals surface area contributed by atoms with Gasteiger partial charge in [0, 0.05) is 28.9 Å². The van der Waals surface area contributed by atoms with E-state index in [0.717, 1.165) is 0 Å². The fourth-order valence-electron chi connectivity index (χ4n) is 3.35. The number of ketones is 2. The van der Waals surface area contributed by atoms with E-state index in [1.165, 1.54) is 6.92 Å². The fraction of sp³-hybridized carbons (Fsp3) is 0.0417. The van der Waals surface area contributed by atoms with Gasteiger partial charge in [-0.2, -0.15) is 0 Å². The second-order valence-corrected chi connectivity index (χ2v) is 7.38. The minimum absolute atomic E-state index is 0.0847. The lowest BCUT2D eigenvalue weighted by Gasteiger charge is -2.24. The zero-order valence-corrected chi connectivity index (χ0v) is 17.3. The molecule has 0 fully saturated rings. The molecule has 0 radical (unpaired) electrons. The van der Waals surface area contributed by atoms with Crippen molar-refractivity contribution in [2.24, 2.45) is 0 Å². The number of benzene rings is 3. The average Bonchev–Trinajstić information content (AvgIpc) is 2.76. The molecule has 0 bridgehead atoms. The molecule has 6 nitrogen and oxygen atoms in total. The maximum atomic E-state index is 13.5. The number of nitrogens with one attached hydrogen (secondary N) is 3. The van der Waals surface area contributed by atoms with Crippen LogP contribution in [0.4, 0.5) is 17.1 Å². The summed E-state index contributed by atoms with van der Waals surface area (Å²) in [6, 6.07) is 20.7. The van der Waals surface area contributed by atoms with E-state index >= 15 is 0 Å². The standard InChI is InChI=1S/C24H18ClN3O3/c1-14(29)26-19-9-5-8-18-20(19)24(31)22(28-17-12-10-15(25)11-13-17)21(23(18)30)27-16-6-3-2-4-7-16/h2-13,27-28H,1H3,(H,26,29). The smallest absolute Gasteiger partial charge is 0.221 e. The molecule has 31 heavy (non-hydrogen) atoms. The summed E-state index contributed by atoms with van der Waals surface area (Å²) in [4.78, 5) is 38.6. The molecule has 4 rings (SSSR count). The molecule has 154 valence electrons. The van der Waals surface area contributed by atoms with Gasteiger partial charge in [-0.05, 0) is 42.5 Å². The molecule has 3 N–H and O–H groups in total. The highest BCUT2D eigenvalue weighted by Gasteiger charge is 2.35. The maximum absolute atomic E-state index is 13.5. The molecule has 0 aliphatic heterocycles. The third-order valence-corrected chi connectivity index (χ3v) is 4.96. The monoisotopic (exact) mass is 431 g/mol. The predicted octanol–water partition coefficient (Wildman–Crippen LogP) is 5.11. The van der Waals surface area contributed by atoms with E-state index in [-0.39, 0.29) is 39.9 Å². The number of carbonyl (C=O) groups excluding carboxylic acids is 3. The third-order valence-electron chi connectivity index (χ3n) is 4.71. The summed E-state index contributed by atoms with van der Waals surface area (Å²) in [6.07, 6.45) is 0. The van der Waals surface area contributed by atoms with Crippen molar-refractivity contribution in [2.45, 2.75) is 6.92 Å². The van der Waals surface area contributed by atoms with Crippen molar-refractivity contribution < 1.29 is 14.4 Å². The molecule has 3 aromatic carbocycles. The minimum atomic E-state index is -0.410. The number of Topliss-reactive ketones (excluding diaryl/α,β-unsaturated/α-hetero) is 2. The summed E-state index contributed by atoms with van der Waals surface area (Å²) in [5.41, 5.74) is 2.12. The number of hydrogen-bond acceptors (Lipinski definition) is 5. The van der Waals surface area contributed by atoms with Crippen LogP contribution in [-0.2, 0) is 4.79 Å². The van der Waals surface area contributed by atoms with Gasteiger partial charge < -0.3 is 16.0 Å². The lowest BCUT2D eigenvalue weighted by molar-refractivity contribution is -0.114. The second-order valence-electron chi connectivity index (χ2n) is 6.94. The maximum Gasteiger partial charge on any atom is 0.221 e. The van der Waals surface area contributed by atoms with Gasteiger partial charge in [0.25, 0.3) is 0 Å². The summed E-state index contributed by atoms with van der Waals surface area (Å²) < 4.78 is 0. The van der Waals surface area contributed by atoms with E-state index in [0.29, 0.717) is 16.4 Å². The fourth-order valence-corrected chi connectivity index (χ4v) is 3.47. The molecule has 7 heteroatoms. The van der Waals surface area contributed by atoms with Crippen LogP contribution in [0.2, 0.25) is 5.02 Å². The molecule has 0 heterocycles. The molecule has 3 aromatic rings. The topological polar surface area (TPSA) is 87.3 Å². The second kappa shape index (κ2) is 8.45. The summed E-state index contributed by atoms with van der Waals surface area (Å²) in [7, 11) is 0. The number of fused-ring (bicyclic) bond motifs is 1. The van der Waals surface area contributed by atoms with Gasteiger partial charge >= 0.3 is 0 Å².